The van der Waals surface area contributed by atoms with E-state index in [1.807, 2.05) is 33.0 Å². The van der Waals surface area contributed by atoms with E-state index in [4.69, 9.17) is 9.47 Å². The highest BCUT2D eigenvalue weighted by atomic mass is 19.1. The van der Waals surface area contributed by atoms with Gasteiger partial charge in [0.2, 0.25) is 0 Å². The zero-order chi connectivity index (χ0) is 36.8. The molecule has 1 atom stereocenters. The van der Waals surface area contributed by atoms with Crippen LogP contribution in [0.5, 0.6) is 11.5 Å². The Kier molecular flexibility index (Phi) is 9.92. The molecule has 3 aliphatic rings. The van der Waals surface area contributed by atoms with Crippen LogP contribution in [-0.4, -0.2) is 76.8 Å². The number of halogens is 1. The van der Waals surface area contributed by atoms with Crippen LogP contribution in [0.2, 0.25) is 0 Å². The predicted molar refractivity (Wildman–Crippen MR) is 197 cm³/mol. The first-order chi connectivity index (χ1) is 24.2. The number of nitriles is 1. The van der Waals surface area contributed by atoms with Gasteiger partial charge < -0.3 is 18.9 Å². The number of carbonyl (C=O) groups is 1. The molecule has 2 aromatic carbocycles. The zero-order valence-corrected chi connectivity index (χ0v) is 31.2. The number of alkyl halides is 1. The van der Waals surface area contributed by atoms with Crippen LogP contribution in [0.25, 0.3) is 11.1 Å². The van der Waals surface area contributed by atoms with E-state index < -0.39 is 11.6 Å². The van der Waals surface area contributed by atoms with Gasteiger partial charge in [0.15, 0.2) is 0 Å². The maximum atomic E-state index is 14.3. The summed E-state index contributed by atoms with van der Waals surface area (Å²) < 4.78 is 27.9. The summed E-state index contributed by atoms with van der Waals surface area (Å²) in [6.45, 7) is 13.3. The van der Waals surface area contributed by atoms with E-state index in [-0.39, 0.29) is 22.7 Å². The standard InChI is InChI=1S/C41H50FN5O4/c1-26-27(2)38(48)44(6)23-34(26)30-18-36(50-7)35(37(19-30)51-8)24-45-16-17-46(41(25-45)13-14-41)22-29-10-9-11-32-28(3)47(15-12-33(29)32)39(49)31(21-43)20-40(4,5)42/h9-11,18-20,23,28H,12-17,22,24-25H2,1-8H3/b31-20+/t28-/m1/s1. The van der Waals surface area contributed by atoms with Crippen LogP contribution in [0.1, 0.15) is 73.0 Å². The van der Waals surface area contributed by atoms with Crippen LogP contribution in [-0.2, 0) is 31.4 Å². The Morgan fingerprint density at radius 3 is 2.37 bits per heavy atom. The maximum Gasteiger partial charge on any atom is 0.264 e. The number of ether oxygens (including phenoxy) is 2. The van der Waals surface area contributed by atoms with Crippen molar-refractivity contribution in [1.82, 2.24) is 19.3 Å². The number of nitrogens with zero attached hydrogens (tertiary/aromatic N) is 5. The van der Waals surface area contributed by atoms with Gasteiger partial charge in [0.1, 0.15) is 28.8 Å². The van der Waals surface area contributed by atoms with Gasteiger partial charge in [-0.15, -0.1) is 0 Å². The molecule has 2 fully saturated rings. The lowest BCUT2D eigenvalue weighted by Crippen LogP contribution is -2.54. The predicted octanol–water partition coefficient (Wildman–Crippen LogP) is 6.18. The van der Waals surface area contributed by atoms with Gasteiger partial charge in [-0.1, -0.05) is 18.2 Å². The van der Waals surface area contributed by atoms with Crippen molar-refractivity contribution in [2.75, 3.05) is 40.4 Å². The summed E-state index contributed by atoms with van der Waals surface area (Å²) in [4.78, 5) is 32.7. The highest BCUT2D eigenvalue weighted by Gasteiger charge is 2.51. The van der Waals surface area contributed by atoms with Gasteiger partial charge in [-0.3, -0.25) is 19.4 Å². The van der Waals surface area contributed by atoms with Gasteiger partial charge in [-0.05, 0) is 99.9 Å². The number of allylic oxidation sites excluding steroid dienone is 1. The van der Waals surface area contributed by atoms with E-state index in [9.17, 15) is 19.2 Å². The number of benzene rings is 2. The van der Waals surface area contributed by atoms with Gasteiger partial charge in [-0.2, -0.15) is 5.26 Å². The number of hydrogen-bond acceptors (Lipinski definition) is 7. The van der Waals surface area contributed by atoms with Gasteiger partial charge in [0.05, 0.1) is 25.8 Å². The van der Waals surface area contributed by atoms with E-state index in [2.05, 4.69) is 40.1 Å². The lowest BCUT2D eigenvalue weighted by atomic mass is 9.88. The normalized spacial score (nSPS) is 19.1. The number of hydrogen-bond donors (Lipinski definition) is 0. The fourth-order valence-electron chi connectivity index (χ4n) is 8.10. The van der Waals surface area contributed by atoms with Crippen molar-refractivity contribution in [2.45, 2.75) is 84.2 Å². The summed E-state index contributed by atoms with van der Waals surface area (Å²) in [6.07, 6.45) is 5.99. The molecule has 0 N–H and O–H groups in total. The number of rotatable bonds is 9. The second-order valence-corrected chi connectivity index (χ2v) is 15.1. The van der Waals surface area contributed by atoms with Crippen molar-refractivity contribution in [3.05, 3.63) is 91.9 Å². The van der Waals surface area contributed by atoms with Crippen LogP contribution >= 0.6 is 0 Å². The monoisotopic (exact) mass is 695 g/mol. The highest BCUT2D eigenvalue weighted by Crippen LogP contribution is 2.47. The highest BCUT2D eigenvalue weighted by molar-refractivity contribution is 5.97. The minimum absolute atomic E-state index is 0.00312. The molecule has 0 bridgehead atoms. The van der Waals surface area contributed by atoms with Crippen molar-refractivity contribution in [1.29, 1.82) is 5.26 Å². The van der Waals surface area contributed by atoms with Gasteiger partial charge in [0, 0.05) is 69.2 Å². The minimum Gasteiger partial charge on any atom is -0.496 e. The molecule has 1 aliphatic carbocycles. The molecule has 10 heteroatoms. The SMILES string of the molecule is COc1cc(-c2cn(C)c(=O)c(C)c2C)cc(OC)c1CN1CCN(Cc2cccc3c2CCN(C(=O)/C(C#N)=C/C(C)(C)F)[C@@H]3C)C2(CC2)C1. The topological polar surface area (TPSA) is 91.0 Å². The Balaban J connectivity index is 1.18. The molecule has 0 unspecified atom stereocenters. The number of amides is 1. The Hall–Kier alpha value is -4.46. The molecule has 51 heavy (non-hydrogen) atoms. The Morgan fingerprint density at radius 1 is 1.08 bits per heavy atom. The minimum atomic E-state index is -1.75. The summed E-state index contributed by atoms with van der Waals surface area (Å²) in [5.41, 5.74) is 6.49. The molecule has 1 spiro atoms. The Morgan fingerprint density at radius 2 is 1.76 bits per heavy atom. The van der Waals surface area contributed by atoms with Gasteiger partial charge in [-0.25, -0.2) is 4.39 Å². The van der Waals surface area contributed by atoms with Crippen LogP contribution in [0.15, 0.2) is 53.0 Å². The first-order valence-electron chi connectivity index (χ1n) is 17.8. The van der Waals surface area contributed by atoms with Crippen molar-refractivity contribution >= 4 is 5.91 Å². The molecular formula is C41H50FN5O4. The number of carbonyl (C=O) groups excluding carboxylic acids is 1. The Bertz CT molecular complexity index is 1960. The van der Waals surface area contributed by atoms with Gasteiger partial charge in [0.25, 0.3) is 11.5 Å². The molecule has 3 aromatic rings. The molecule has 0 radical (unpaired) electrons. The number of fused-ring (bicyclic) bond motifs is 1. The fourth-order valence-corrected chi connectivity index (χ4v) is 8.10. The van der Waals surface area contributed by atoms with Crippen molar-refractivity contribution in [3.63, 3.8) is 0 Å². The quantitative estimate of drug-likeness (QED) is 0.195. The van der Waals surface area contributed by atoms with Crippen molar-refractivity contribution in [2.24, 2.45) is 7.05 Å². The van der Waals surface area contributed by atoms with E-state index >= 15 is 0 Å². The smallest absolute Gasteiger partial charge is 0.264 e. The second kappa shape index (κ2) is 13.9. The lowest BCUT2D eigenvalue weighted by molar-refractivity contribution is -0.129. The first kappa shape index (κ1) is 36.3. The number of aryl methyl sites for hydroxylation is 1. The second-order valence-electron chi connectivity index (χ2n) is 15.1. The molecule has 270 valence electrons. The molecule has 1 saturated heterocycles. The molecule has 9 nitrogen and oxygen atoms in total. The number of piperazine rings is 1. The molecule has 2 aliphatic heterocycles. The molecule has 3 heterocycles. The van der Waals surface area contributed by atoms with Gasteiger partial charge >= 0.3 is 0 Å². The lowest BCUT2D eigenvalue weighted by Gasteiger charge is -2.43. The van der Waals surface area contributed by atoms with Crippen LogP contribution < -0.4 is 15.0 Å². The third-order valence-corrected chi connectivity index (χ3v) is 11.2. The van der Waals surface area contributed by atoms with E-state index in [1.165, 1.54) is 25.0 Å². The van der Waals surface area contributed by atoms with E-state index in [1.54, 1.807) is 30.7 Å². The molecule has 6 rings (SSSR count). The zero-order valence-electron chi connectivity index (χ0n) is 31.2. The third-order valence-electron chi connectivity index (χ3n) is 11.2. The number of pyridine rings is 1. The summed E-state index contributed by atoms with van der Waals surface area (Å²) >= 11 is 0. The third kappa shape index (κ3) is 7.07. The summed E-state index contributed by atoms with van der Waals surface area (Å²) in [5.74, 6) is 1.12. The van der Waals surface area contributed by atoms with Crippen LogP contribution in [0.4, 0.5) is 4.39 Å². The first-order valence-corrected chi connectivity index (χ1v) is 17.8. The maximum absolute atomic E-state index is 14.3. The average Bonchev–Trinajstić information content (AvgIpc) is 3.88. The largest absolute Gasteiger partial charge is 0.496 e. The summed E-state index contributed by atoms with van der Waals surface area (Å²) in [5, 5.41) is 9.63. The summed E-state index contributed by atoms with van der Waals surface area (Å²) in [6, 6.07) is 12.2. The van der Waals surface area contributed by atoms with Crippen LogP contribution in [0.3, 0.4) is 0 Å². The Labute approximate surface area is 300 Å². The fraction of sp³-hybridized carbons (Fsp3) is 0.488. The summed E-state index contributed by atoms with van der Waals surface area (Å²) in [7, 11) is 5.17. The molecule has 1 aromatic heterocycles. The van der Waals surface area contributed by atoms with Crippen LogP contribution in [0, 0.1) is 25.2 Å². The van der Waals surface area contributed by atoms with E-state index in [0.717, 1.165) is 90.0 Å². The molecular weight excluding hydrogens is 645 g/mol. The average molecular weight is 696 g/mol. The number of methoxy groups -OCH3 is 2. The molecule has 1 saturated carbocycles. The van der Waals surface area contributed by atoms with E-state index in [0.29, 0.717) is 19.5 Å². The van der Waals surface area contributed by atoms with Crippen molar-refractivity contribution in [3.8, 4) is 28.7 Å². The molecule has 1 amide bonds. The number of aromatic nitrogens is 1. The van der Waals surface area contributed by atoms with Crippen molar-refractivity contribution < 1.29 is 18.7 Å².